The Hall–Kier alpha value is -1.93. The van der Waals surface area contributed by atoms with Crippen LogP contribution in [0.4, 0.5) is 0 Å². The van der Waals surface area contributed by atoms with E-state index in [1.54, 1.807) is 6.20 Å². The number of rotatable bonds is 2. The van der Waals surface area contributed by atoms with Gasteiger partial charge in [0.25, 0.3) is 5.91 Å². The number of nitrogens with zero attached hydrogens (tertiary/aromatic N) is 4. The lowest BCUT2D eigenvalue weighted by atomic mass is 10.1. The Labute approximate surface area is 113 Å². The standard InChI is InChI=1S/C14H18N4O/c1-11-4-3-5-16-13(11)14(19)18-8-6-17(7-9-18)12(2)10-15/h3-5,12H,6-9H2,1-2H3. The van der Waals surface area contributed by atoms with Gasteiger partial charge in [-0.3, -0.25) is 14.7 Å². The molecule has 0 aromatic carbocycles. The van der Waals surface area contributed by atoms with Gasteiger partial charge in [-0.25, -0.2) is 0 Å². The van der Waals surface area contributed by atoms with E-state index in [2.05, 4.69) is 16.0 Å². The molecule has 1 saturated heterocycles. The van der Waals surface area contributed by atoms with Gasteiger partial charge in [-0.2, -0.15) is 5.26 Å². The number of hydrogen-bond acceptors (Lipinski definition) is 4. The third-order valence-corrected chi connectivity index (χ3v) is 3.55. The average Bonchev–Trinajstić information content (AvgIpc) is 2.46. The minimum Gasteiger partial charge on any atom is -0.335 e. The number of hydrogen-bond donors (Lipinski definition) is 0. The Balaban J connectivity index is 2.01. The normalized spacial score (nSPS) is 17.8. The van der Waals surface area contributed by atoms with E-state index in [-0.39, 0.29) is 11.9 Å². The Kier molecular flexibility index (Phi) is 4.13. The lowest BCUT2D eigenvalue weighted by molar-refractivity contribution is 0.0609. The summed E-state index contributed by atoms with van der Waals surface area (Å²) < 4.78 is 0. The van der Waals surface area contributed by atoms with Crippen molar-refractivity contribution in [2.45, 2.75) is 19.9 Å². The molecule has 2 heterocycles. The smallest absolute Gasteiger partial charge is 0.272 e. The van der Waals surface area contributed by atoms with Crippen LogP contribution in [-0.2, 0) is 0 Å². The molecule has 1 aromatic heterocycles. The van der Waals surface area contributed by atoms with E-state index >= 15 is 0 Å². The third kappa shape index (κ3) is 2.91. The molecule has 1 fully saturated rings. The van der Waals surface area contributed by atoms with Crippen molar-refractivity contribution in [2.75, 3.05) is 26.2 Å². The monoisotopic (exact) mass is 258 g/mol. The molecule has 1 aromatic rings. The summed E-state index contributed by atoms with van der Waals surface area (Å²) in [5.74, 6) is -0.0117. The predicted molar refractivity (Wildman–Crippen MR) is 71.5 cm³/mol. The molecule has 0 aliphatic carbocycles. The van der Waals surface area contributed by atoms with E-state index in [0.29, 0.717) is 18.8 Å². The number of carbonyl (C=O) groups excluding carboxylic acids is 1. The Morgan fingerprint density at radius 2 is 2.11 bits per heavy atom. The first-order chi connectivity index (χ1) is 9.13. The van der Waals surface area contributed by atoms with Gasteiger partial charge in [-0.1, -0.05) is 6.07 Å². The van der Waals surface area contributed by atoms with Crippen molar-refractivity contribution in [3.8, 4) is 6.07 Å². The Morgan fingerprint density at radius 3 is 2.68 bits per heavy atom. The van der Waals surface area contributed by atoms with E-state index in [1.165, 1.54) is 0 Å². The van der Waals surface area contributed by atoms with Gasteiger partial charge >= 0.3 is 0 Å². The highest BCUT2D eigenvalue weighted by Gasteiger charge is 2.25. The number of amides is 1. The van der Waals surface area contributed by atoms with Crippen molar-refractivity contribution < 1.29 is 4.79 Å². The van der Waals surface area contributed by atoms with Crippen molar-refractivity contribution in [1.82, 2.24) is 14.8 Å². The molecule has 1 aliphatic rings. The van der Waals surface area contributed by atoms with Crippen LogP contribution in [0.1, 0.15) is 23.0 Å². The van der Waals surface area contributed by atoms with Gasteiger partial charge in [0.15, 0.2) is 0 Å². The maximum absolute atomic E-state index is 12.3. The summed E-state index contributed by atoms with van der Waals surface area (Å²) in [7, 11) is 0. The second-order valence-electron chi connectivity index (χ2n) is 4.80. The van der Waals surface area contributed by atoms with Gasteiger partial charge in [0, 0.05) is 32.4 Å². The molecule has 0 bridgehead atoms. The first-order valence-electron chi connectivity index (χ1n) is 6.48. The zero-order valence-corrected chi connectivity index (χ0v) is 11.3. The summed E-state index contributed by atoms with van der Waals surface area (Å²) in [6.07, 6.45) is 1.65. The molecule has 1 unspecified atom stereocenters. The van der Waals surface area contributed by atoms with Crippen molar-refractivity contribution in [3.63, 3.8) is 0 Å². The number of piperazine rings is 1. The van der Waals surface area contributed by atoms with Crippen molar-refractivity contribution in [3.05, 3.63) is 29.6 Å². The van der Waals surface area contributed by atoms with Crippen LogP contribution >= 0.6 is 0 Å². The van der Waals surface area contributed by atoms with E-state index in [0.717, 1.165) is 18.7 Å². The van der Waals surface area contributed by atoms with Crippen LogP contribution in [0.15, 0.2) is 18.3 Å². The Bertz CT molecular complexity index is 500. The molecule has 2 rings (SSSR count). The van der Waals surface area contributed by atoms with E-state index in [9.17, 15) is 4.79 Å². The molecule has 100 valence electrons. The fourth-order valence-corrected chi connectivity index (χ4v) is 2.25. The molecule has 19 heavy (non-hydrogen) atoms. The maximum Gasteiger partial charge on any atom is 0.272 e. The minimum atomic E-state index is -0.0890. The second-order valence-corrected chi connectivity index (χ2v) is 4.80. The summed E-state index contributed by atoms with van der Waals surface area (Å²) >= 11 is 0. The molecule has 0 N–H and O–H groups in total. The van der Waals surface area contributed by atoms with E-state index in [1.807, 2.05) is 30.9 Å². The highest BCUT2D eigenvalue weighted by molar-refractivity contribution is 5.93. The van der Waals surface area contributed by atoms with Gasteiger partial charge in [-0.05, 0) is 25.5 Å². The molecule has 5 nitrogen and oxygen atoms in total. The molecule has 0 radical (unpaired) electrons. The Morgan fingerprint density at radius 1 is 1.42 bits per heavy atom. The van der Waals surface area contributed by atoms with Crippen LogP contribution in [0.2, 0.25) is 0 Å². The van der Waals surface area contributed by atoms with Gasteiger partial charge in [0.1, 0.15) is 5.69 Å². The van der Waals surface area contributed by atoms with E-state index < -0.39 is 0 Å². The zero-order chi connectivity index (χ0) is 13.8. The summed E-state index contributed by atoms with van der Waals surface area (Å²) in [4.78, 5) is 20.4. The first kappa shape index (κ1) is 13.5. The van der Waals surface area contributed by atoms with Gasteiger partial charge in [0.2, 0.25) is 0 Å². The molecular formula is C14H18N4O. The number of carbonyl (C=O) groups is 1. The summed E-state index contributed by atoms with van der Waals surface area (Å²) in [5, 5.41) is 8.89. The topological polar surface area (TPSA) is 60.2 Å². The molecule has 0 spiro atoms. The molecule has 5 heteroatoms. The highest BCUT2D eigenvalue weighted by atomic mass is 16.2. The molecule has 1 amide bonds. The number of aryl methyl sites for hydroxylation is 1. The SMILES string of the molecule is Cc1cccnc1C(=O)N1CCN(C(C)C#N)CC1. The fraction of sp³-hybridized carbons (Fsp3) is 0.500. The maximum atomic E-state index is 12.3. The first-order valence-corrected chi connectivity index (χ1v) is 6.48. The number of aromatic nitrogens is 1. The van der Waals surface area contributed by atoms with Crippen LogP contribution in [0.25, 0.3) is 0 Å². The van der Waals surface area contributed by atoms with Crippen molar-refractivity contribution in [1.29, 1.82) is 5.26 Å². The van der Waals surface area contributed by atoms with Gasteiger partial charge in [0.05, 0.1) is 12.1 Å². The predicted octanol–water partition coefficient (Wildman–Crippen LogP) is 1.06. The van der Waals surface area contributed by atoms with Crippen LogP contribution in [0.5, 0.6) is 0 Å². The zero-order valence-electron chi connectivity index (χ0n) is 11.3. The van der Waals surface area contributed by atoms with Crippen molar-refractivity contribution >= 4 is 5.91 Å². The summed E-state index contributed by atoms with van der Waals surface area (Å²) in [6, 6.07) is 5.87. The van der Waals surface area contributed by atoms with Crippen LogP contribution < -0.4 is 0 Å². The second kappa shape index (κ2) is 5.81. The summed E-state index contributed by atoms with van der Waals surface area (Å²) in [6.45, 7) is 6.58. The lowest BCUT2D eigenvalue weighted by Gasteiger charge is -2.35. The molecule has 1 aliphatic heterocycles. The lowest BCUT2D eigenvalue weighted by Crippen LogP contribution is -2.51. The molecular weight excluding hydrogens is 240 g/mol. The van der Waals surface area contributed by atoms with Crippen LogP contribution in [0, 0.1) is 18.3 Å². The fourth-order valence-electron chi connectivity index (χ4n) is 2.25. The minimum absolute atomic E-state index is 0.0117. The van der Waals surface area contributed by atoms with Gasteiger partial charge in [-0.15, -0.1) is 0 Å². The summed E-state index contributed by atoms with van der Waals surface area (Å²) in [5.41, 5.74) is 1.43. The number of nitriles is 1. The molecule has 0 saturated carbocycles. The van der Waals surface area contributed by atoms with Crippen molar-refractivity contribution in [2.24, 2.45) is 0 Å². The third-order valence-electron chi connectivity index (χ3n) is 3.55. The number of pyridine rings is 1. The molecule has 1 atom stereocenters. The average molecular weight is 258 g/mol. The van der Waals surface area contributed by atoms with Gasteiger partial charge < -0.3 is 4.90 Å². The van der Waals surface area contributed by atoms with Crippen LogP contribution in [-0.4, -0.2) is 52.9 Å². The highest BCUT2D eigenvalue weighted by Crippen LogP contribution is 2.11. The van der Waals surface area contributed by atoms with E-state index in [4.69, 9.17) is 5.26 Å². The largest absolute Gasteiger partial charge is 0.335 e. The quantitative estimate of drug-likeness (QED) is 0.796. The van der Waals surface area contributed by atoms with Crippen LogP contribution in [0.3, 0.4) is 0 Å².